The number of amides is 1. The Balaban J connectivity index is 1.35. The molecule has 0 atom stereocenters. The first kappa shape index (κ1) is 25.5. The maximum Gasteiger partial charge on any atom is 0.410 e. The van der Waals surface area contributed by atoms with Gasteiger partial charge in [0.15, 0.2) is 11.3 Å². The van der Waals surface area contributed by atoms with Crippen molar-refractivity contribution in [3.05, 3.63) is 64.6 Å². The van der Waals surface area contributed by atoms with Gasteiger partial charge in [0.05, 0.1) is 24.4 Å². The van der Waals surface area contributed by atoms with Gasteiger partial charge in [-0.3, -0.25) is 0 Å². The third-order valence-electron chi connectivity index (χ3n) is 6.45. The smallest absolute Gasteiger partial charge is 0.410 e. The SMILES string of the molecule is [C-]#[N+]c1ccc(COc2ccc3c(CCC4CCN(C(=O)OC(C)(C)C)CC4)noc3c2CO)cc1. The van der Waals surface area contributed by atoms with Crippen molar-refractivity contribution >= 4 is 22.7 Å². The number of carbonyl (C=O) groups is 1. The first-order chi connectivity index (χ1) is 17.3. The highest BCUT2D eigenvalue weighted by Crippen LogP contribution is 2.32. The Morgan fingerprint density at radius 1 is 1.19 bits per heavy atom. The zero-order valence-corrected chi connectivity index (χ0v) is 21.1. The number of nitrogens with zero attached hydrogens (tertiary/aromatic N) is 3. The van der Waals surface area contributed by atoms with Gasteiger partial charge in [-0.2, -0.15) is 0 Å². The van der Waals surface area contributed by atoms with Crippen LogP contribution in [-0.4, -0.2) is 39.9 Å². The van der Waals surface area contributed by atoms with Crippen molar-refractivity contribution in [3.63, 3.8) is 0 Å². The lowest BCUT2D eigenvalue weighted by atomic mass is 9.91. The molecule has 1 aliphatic heterocycles. The van der Waals surface area contributed by atoms with Gasteiger partial charge in [0.2, 0.25) is 0 Å². The molecule has 1 saturated heterocycles. The topological polar surface area (TPSA) is 89.4 Å². The lowest BCUT2D eigenvalue weighted by molar-refractivity contribution is 0.0181. The van der Waals surface area contributed by atoms with E-state index in [-0.39, 0.29) is 12.7 Å². The van der Waals surface area contributed by atoms with Crippen LogP contribution in [0.3, 0.4) is 0 Å². The van der Waals surface area contributed by atoms with Gasteiger partial charge in [0, 0.05) is 18.5 Å². The van der Waals surface area contributed by atoms with Crippen molar-refractivity contribution in [1.29, 1.82) is 0 Å². The summed E-state index contributed by atoms with van der Waals surface area (Å²) in [7, 11) is 0. The van der Waals surface area contributed by atoms with Crippen molar-refractivity contribution in [1.82, 2.24) is 10.1 Å². The van der Waals surface area contributed by atoms with Gasteiger partial charge in [0.25, 0.3) is 0 Å². The zero-order valence-electron chi connectivity index (χ0n) is 21.1. The Kier molecular flexibility index (Phi) is 7.80. The van der Waals surface area contributed by atoms with E-state index in [2.05, 4.69) is 10.0 Å². The minimum Gasteiger partial charge on any atom is -0.488 e. The maximum absolute atomic E-state index is 12.3. The van der Waals surface area contributed by atoms with E-state index in [9.17, 15) is 9.90 Å². The van der Waals surface area contributed by atoms with Crippen LogP contribution in [0.15, 0.2) is 40.9 Å². The van der Waals surface area contributed by atoms with E-state index >= 15 is 0 Å². The molecule has 0 unspecified atom stereocenters. The number of hydrogen-bond acceptors (Lipinski definition) is 6. The summed E-state index contributed by atoms with van der Waals surface area (Å²) in [6.45, 7) is 14.2. The van der Waals surface area contributed by atoms with Crippen molar-refractivity contribution in [2.75, 3.05) is 13.1 Å². The van der Waals surface area contributed by atoms with Crippen LogP contribution in [0.25, 0.3) is 15.8 Å². The van der Waals surface area contributed by atoms with E-state index < -0.39 is 5.60 Å². The predicted molar refractivity (Wildman–Crippen MR) is 136 cm³/mol. The molecule has 0 aliphatic carbocycles. The summed E-state index contributed by atoms with van der Waals surface area (Å²) < 4.78 is 17.1. The summed E-state index contributed by atoms with van der Waals surface area (Å²) in [5.74, 6) is 1.06. The first-order valence-electron chi connectivity index (χ1n) is 12.4. The summed E-state index contributed by atoms with van der Waals surface area (Å²) in [4.78, 5) is 17.5. The van der Waals surface area contributed by atoms with Gasteiger partial charge in [-0.1, -0.05) is 29.4 Å². The Morgan fingerprint density at radius 3 is 2.56 bits per heavy atom. The number of benzene rings is 2. The third-order valence-corrected chi connectivity index (χ3v) is 6.45. The van der Waals surface area contributed by atoms with E-state index in [1.807, 2.05) is 45.0 Å². The Hall–Kier alpha value is -3.57. The molecule has 0 radical (unpaired) electrons. The highest BCUT2D eigenvalue weighted by atomic mass is 16.6. The Labute approximate surface area is 211 Å². The summed E-state index contributed by atoms with van der Waals surface area (Å²) in [6, 6.07) is 11.0. The van der Waals surface area contributed by atoms with Crippen LogP contribution in [0, 0.1) is 12.5 Å². The first-order valence-corrected chi connectivity index (χ1v) is 12.4. The molecule has 36 heavy (non-hydrogen) atoms. The maximum atomic E-state index is 12.3. The van der Waals surface area contributed by atoms with E-state index in [0.717, 1.165) is 42.3 Å². The van der Waals surface area contributed by atoms with Crippen molar-refractivity contribution in [2.24, 2.45) is 5.92 Å². The predicted octanol–water partition coefficient (Wildman–Crippen LogP) is 6.03. The fourth-order valence-corrected chi connectivity index (χ4v) is 4.46. The molecule has 1 aliphatic rings. The number of fused-ring (bicyclic) bond motifs is 1. The fourth-order valence-electron chi connectivity index (χ4n) is 4.46. The molecule has 2 heterocycles. The minimum atomic E-state index is -0.481. The fraction of sp³-hybridized carbons (Fsp3) is 0.464. The van der Waals surface area contributed by atoms with Gasteiger partial charge < -0.3 is 24.0 Å². The molecule has 0 saturated carbocycles. The molecule has 8 heteroatoms. The van der Waals surface area contributed by atoms with Crippen molar-refractivity contribution in [3.8, 4) is 5.75 Å². The summed E-state index contributed by atoms with van der Waals surface area (Å²) in [5.41, 5.74) is 3.03. The zero-order chi connectivity index (χ0) is 25.7. The number of aryl methyl sites for hydroxylation is 1. The second-order valence-electron chi connectivity index (χ2n) is 10.2. The molecule has 190 valence electrons. The number of aromatic nitrogens is 1. The van der Waals surface area contributed by atoms with Crippen LogP contribution in [0.4, 0.5) is 10.5 Å². The molecule has 1 aromatic heterocycles. The van der Waals surface area contributed by atoms with Gasteiger partial charge in [-0.25, -0.2) is 9.64 Å². The van der Waals surface area contributed by atoms with Crippen LogP contribution in [0.1, 0.15) is 56.9 Å². The lowest BCUT2D eigenvalue weighted by Gasteiger charge is -2.33. The van der Waals surface area contributed by atoms with E-state index in [4.69, 9.17) is 20.6 Å². The van der Waals surface area contributed by atoms with Gasteiger partial charge in [-0.15, -0.1) is 0 Å². The lowest BCUT2D eigenvalue weighted by Crippen LogP contribution is -2.41. The second-order valence-corrected chi connectivity index (χ2v) is 10.2. The number of ether oxygens (including phenoxy) is 2. The molecule has 0 bridgehead atoms. The molecule has 4 rings (SSSR count). The average Bonchev–Trinajstić information content (AvgIpc) is 3.28. The summed E-state index contributed by atoms with van der Waals surface area (Å²) >= 11 is 0. The van der Waals surface area contributed by atoms with Gasteiger partial charge in [0.1, 0.15) is 18.0 Å². The number of rotatable bonds is 7. The Morgan fingerprint density at radius 2 is 1.92 bits per heavy atom. The number of aliphatic hydroxyl groups is 1. The molecular weight excluding hydrogens is 458 g/mol. The second kappa shape index (κ2) is 11.0. The standard InChI is InChI=1S/C28H33N3O5/c1-28(2,3)35-27(33)31-15-13-19(14-16-31)7-11-24-22-10-12-25(23(17-32)26(22)36-30-24)34-18-20-5-8-21(29-4)9-6-20/h5-6,8-10,12,19,32H,7,11,13-18H2,1-3H3. The normalized spacial score (nSPS) is 14.6. The van der Waals surface area contributed by atoms with Gasteiger partial charge >= 0.3 is 6.09 Å². The largest absolute Gasteiger partial charge is 0.488 e. The van der Waals surface area contributed by atoms with Crippen molar-refractivity contribution < 1.29 is 23.9 Å². The number of hydrogen-bond donors (Lipinski definition) is 1. The molecule has 1 fully saturated rings. The van der Waals surface area contributed by atoms with E-state index in [1.165, 1.54) is 0 Å². The summed E-state index contributed by atoms with van der Waals surface area (Å²) in [5, 5.41) is 15.2. The van der Waals surface area contributed by atoms with Crippen LogP contribution < -0.4 is 4.74 Å². The van der Waals surface area contributed by atoms with Crippen LogP contribution in [-0.2, 0) is 24.4 Å². The van der Waals surface area contributed by atoms with Gasteiger partial charge in [-0.05, 0) is 70.1 Å². The molecule has 8 nitrogen and oxygen atoms in total. The van der Waals surface area contributed by atoms with Crippen LogP contribution in [0.5, 0.6) is 5.75 Å². The minimum absolute atomic E-state index is 0.221. The molecule has 0 spiro atoms. The highest BCUT2D eigenvalue weighted by Gasteiger charge is 2.27. The molecular formula is C28H33N3O5. The van der Waals surface area contributed by atoms with Crippen molar-refractivity contribution in [2.45, 2.75) is 65.3 Å². The Bertz CT molecular complexity index is 1230. The van der Waals surface area contributed by atoms with Crippen LogP contribution in [0.2, 0.25) is 0 Å². The quantitative estimate of drug-likeness (QED) is 0.406. The highest BCUT2D eigenvalue weighted by molar-refractivity contribution is 5.84. The monoisotopic (exact) mass is 491 g/mol. The number of aliphatic hydroxyl groups excluding tert-OH is 1. The van der Waals surface area contributed by atoms with E-state index in [1.54, 1.807) is 17.0 Å². The molecule has 1 N–H and O–H groups in total. The molecule has 2 aromatic carbocycles. The van der Waals surface area contributed by atoms with Crippen LogP contribution >= 0.6 is 0 Å². The number of piperidine rings is 1. The summed E-state index contributed by atoms with van der Waals surface area (Å²) in [6.07, 6.45) is 3.36. The molecule has 3 aromatic rings. The number of likely N-dealkylation sites (tertiary alicyclic amines) is 1. The van der Waals surface area contributed by atoms with E-state index in [0.29, 0.717) is 48.2 Å². The average molecular weight is 492 g/mol. The third kappa shape index (κ3) is 6.16. The molecule has 1 amide bonds. The number of carbonyl (C=O) groups excluding carboxylic acids is 1.